The molecule has 2 saturated heterocycles. The molecule has 2 aromatic heterocycles. The number of ether oxygens (including phenoxy) is 4. The van der Waals surface area contributed by atoms with Gasteiger partial charge in [0.25, 0.3) is 19.1 Å². The van der Waals surface area contributed by atoms with Gasteiger partial charge in [-0.2, -0.15) is 14.5 Å². The normalized spacial score (nSPS) is 18.6. The van der Waals surface area contributed by atoms with Gasteiger partial charge in [-0.15, -0.1) is 0 Å². The second-order valence-electron chi connectivity index (χ2n) is 11.3. The molecule has 2 unspecified atom stereocenters. The van der Waals surface area contributed by atoms with Gasteiger partial charge in [0.05, 0.1) is 26.6 Å². The van der Waals surface area contributed by atoms with E-state index >= 15 is 0 Å². The molecule has 2 aliphatic rings. The van der Waals surface area contributed by atoms with Crippen molar-refractivity contribution in [2.24, 2.45) is 0 Å². The summed E-state index contributed by atoms with van der Waals surface area (Å²) in [5, 5.41) is 8.37. The zero-order valence-electron chi connectivity index (χ0n) is 26.9. The maximum Gasteiger partial charge on any atom is 0.278 e. The third kappa shape index (κ3) is 8.95. The van der Waals surface area contributed by atoms with E-state index in [4.69, 9.17) is 29.6 Å². The predicted molar refractivity (Wildman–Crippen MR) is 178 cm³/mol. The smallest absolute Gasteiger partial charge is 0.278 e. The fourth-order valence-corrected chi connectivity index (χ4v) is 8.01. The van der Waals surface area contributed by atoms with Crippen molar-refractivity contribution in [3.63, 3.8) is 0 Å². The standard InChI is InChI=1S/C24H29N3O5S.C8H11ClN2O3S/c1-30-21-10-6-19(7-11-21)17-26(18-20-8-12-22(31-2)13-9-20)33(28,29)24-14-15-25-27(24)23-5-3-4-16-32-23;9-15(12,13)8-4-5-10-11(8)7-3-1-2-6-14-7/h6-15,23H,3-5,16-18H2,1-2H3;4-5,7H,1-3,6H2. The lowest BCUT2D eigenvalue weighted by molar-refractivity contribution is -0.0451. The van der Waals surface area contributed by atoms with Gasteiger partial charge >= 0.3 is 0 Å². The summed E-state index contributed by atoms with van der Waals surface area (Å²) in [7, 11) is 0.861. The molecule has 0 aliphatic carbocycles. The van der Waals surface area contributed by atoms with Crippen LogP contribution in [0.2, 0.25) is 0 Å². The van der Waals surface area contributed by atoms with E-state index in [0.717, 1.165) is 61.2 Å². The number of hydrogen-bond acceptors (Lipinski definition) is 10. The molecule has 0 spiro atoms. The molecule has 0 bridgehead atoms. The van der Waals surface area contributed by atoms with Gasteiger partial charge in [-0.05, 0) is 86.1 Å². The lowest BCUT2D eigenvalue weighted by Crippen LogP contribution is -2.33. The Hall–Kier alpha value is -3.47. The van der Waals surface area contributed by atoms with Crippen LogP contribution >= 0.6 is 10.7 Å². The number of nitrogens with zero attached hydrogens (tertiary/aromatic N) is 5. The summed E-state index contributed by atoms with van der Waals surface area (Å²) in [4.78, 5) is 0. The average molecular weight is 722 g/mol. The SMILES string of the molecule is COc1ccc(CN(Cc2ccc(OC)cc2)S(=O)(=O)c2ccnn2C2CCCCO2)cc1.O=S(=O)(Cl)c1ccnn1C1CCCCO1. The minimum Gasteiger partial charge on any atom is -0.497 e. The van der Waals surface area contributed by atoms with Crippen LogP contribution in [0.4, 0.5) is 0 Å². The van der Waals surface area contributed by atoms with Crippen molar-refractivity contribution in [1.29, 1.82) is 0 Å². The van der Waals surface area contributed by atoms with Crippen molar-refractivity contribution in [2.75, 3.05) is 27.4 Å². The molecule has 4 heterocycles. The van der Waals surface area contributed by atoms with Crippen molar-refractivity contribution in [3.8, 4) is 11.5 Å². The number of sulfonamides is 1. The summed E-state index contributed by atoms with van der Waals surface area (Å²) in [5.41, 5.74) is 1.71. The molecule has 0 radical (unpaired) electrons. The molecule has 13 nitrogen and oxygen atoms in total. The molecular formula is C32H40ClN5O8S2. The van der Waals surface area contributed by atoms with Gasteiger partial charge < -0.3 is 18.9 Å². The van der Waals surface area contributed by atoms with Crippen LogP contribution in [0.25, 0.3) is 0 Å². The second kappa shape index (κ2) is 16.3. The zero-order chi connectivity index (χ0) is 34.1. The molecule has 0 amide bonds. The Labute approximate surface area is 285 Å². The maximum absolute atomic E-state index is 13.9. The molecule has 48 heavy (non-hydrogen) atoms. The zero-order valence-corrected chi connectivity index (χ0v) is 29.2. The highest BCUT2D eigenvalue weighted by molar-refractivity contribution is 8.13. The van der Waals surface area contributed by atoms with E-state index in [1.54, 1.807) is 20.3 Å². The molecule has 6 rings (SSSR count). The maximum atomic E-state index is 13.9. The van der Waals surface area contributed by atoms with E-state index in [1.165, 1.54) is 32.1 Å². The highest BCUT2D eigenvalue weighted by Gasteiger charge is 2.32. The predicted octanol–water partition coefficient (Wildman–Crippen LogP) is 5.50. The Morgan fingerprint density at radius 3 is 1.54 bits per heavy atom. The van der Waals surface area contributed by atoms with Gasteiger partial charge in [0.2, 0.25) is 0 Å². The van der Waals surface area contributed by atoms with E-state index < -0.39 is 19.1 Å². The van der Waals surface area contributed by atoms with Crippen LogP contribution in [0.1, 0.15) is 62.1 Å². The Morgan fingerprint density at radius 1 is 0.708 bits per heavy atom. The highest BCUT2D eigenvalue weighted by atomic mass is 35.7. The fourth-order valence-electron chi connectivity index (χ4n) is 5.49. The number of aromatic nitrogens is 4. The van der Waals surface area contributed by atoms with Crippen molar-refractivity contribution in [2.45, 2.75) is 74.1 Å². The van der Waals surface area contributed by atoms with Crippen LogP contribution < -0.4 is 9.47 Å². The van der Waals surface area contributed by atoms with Gasteiger partial charge in [-0.1, -0.05) is 24.3 Å². The van der Waals surface area contributed by atoms with Gasteiger partial charge in [0, 0.05) is 37.0 Å². The fraction of sp³-hybridized carbons (Fsp3) is 0.438. The molecule has 2 fully saturated rings. The van der Waals surface area contributed by atoms with Crippen molar-refractivity contribution < 1.29 is 35.8 Å². The Balaban J connectivity index is 0.000000250. The first-order chi connectivity index (χ1) is 23.1. The quantitative estimate of drug-likeness (QED) is 0.182. The van der Waals surface area contributed by atoms with E-state index in [-0.39, 0.29) is 35.6 Å². The van der Waals surface area contributed by atoms with Gasteiger partial charge in [-0.3, -0.25) is 0 Å². The first-order valence-electron chi connectivity index (χ1n) is 15.6. The highest BCUT2D eigenvalue weighted by Crippen LogP contribution is 2.29. The van der Waals surface area contributed by atoms with Gasteiger partial charge in [0.1, 0.15) is 11.5 Å². The van der Waals surface area contributed by atoms with Crippen LogP contribution in [-0.4, -0.2) is 68.1 Å². The summed E-state index contributed by atoms with van der Waals surface area (Å²) in [6.07, 6.45) is 7.71. The van der Waals surface area contributed by atoms with E-state index in [2.05, 4.69) is 10.2 Å². The minimum absolute atomic E-state index is 0.00364. The van der Waals surface area contributed by atoms with Crippen LogP contribution in [-0.2, 0) is 41.6 Å². The Kier molecular flexibility index (Phi) is 12.2. The first-order valence-corrected chi connectivity index (χ1v) is 19.4. The summed E-state index contributed by atoms with van der Waals surface area (Å²) >= 11 is 0. The average Bonchev–Trinajstić information content (AvgIpc) is 3.82. The third-order valence-corrected chi connectivity index (χ3v) is 11.1. The summed E-state index contributed by atoms with van der Waals surface area (Å²) in [6.45, 7) is 1.64. The number of methoxy groups -OCH3 is 2. The molecular weight excluding hydrogens is 682 g/mol. The molecule has 16 heteroatoms. The summed E-state index contributed by atoms with van der Waals surface area (Å²) < 4.78 is 76.2. The number of hydrogen-bond donors (Lipinski definition) is 0. The molecule has 2 aromatic carbocycles. The molecule has 260 valence electrons. The van der Waals surface area contributed by atoms with E-state index in [1.807, 2.05) is 48.5 Å². The van der Waals surface area contributed by atoms with Gasteiger partial charge in [0.15, 0.2) is 22.5 Å². The monoisotopic (exact) mass is 721 g/mol. The molecule has 0 N–H and O–H groups in total. The summed E-state index contributed by atoms with van der Waals surface area (Å²) in [5.74, 6) is 1.44. The number of rotatable bonds is 11. The molecule has 2 aliphatic heterocycles. The minimum atomic E-state index is -3.87. The number of benzene rings is 2. The van der Waals surface area contributed by atoms with Crippen molar-refractivity contribution in [3.05, 3.63) is 84.2 Å². The first kappa shape index (κ1) is 35.8. The summed E-state index contributed by atoms with van der Waals surface area (Å²) in [6, 6.07) is 17.7. The number of halogens is 1. The van der Waals surface area contributed by atoms with Crippen LogP contribution in [0.5, 0.6) is 11.5 Å². The Morgan fingerprint density at radius 2 is 1.15 bits per heavy atom. The topological polar surface area (TPSA) is 144 Å². The van der Waals surface area contributed by atoms with E-state index in [9.17, 15) is 16.8 Å². The lowest BCUT2D eigenvalue weighted by Gasteiger charge is -2.27. The molecule has 2 atom stereocenters. The van der Waals surface area contributed by atoms with Crippen molar-refractivity contribution in [1.82, 2.24) is 23.9 Å². The largest absolute Gasteiger partial charge is 0.497 e. The molecule has 4 aromatic rings. The van der Waals surface area contributed by atoms with Crippen LogP contribution in [0, 0.1) is 0 Å². The van der Waals surface area contributed by atoms with E-state index in [0.29, 0.717) is 13.2 Å². The van der Waals surface area contributed by atoms with Crippen LogP contribution in [0.3, 0.4) is 0 Å². The third-order valence-electron chi connectivity index (χ3n) is 8.01. The van der Waals surface area contributed by atoms with Crippen LogP contribution in [0.15, 0.2) is 83.1 Å². The molecule has 0 saturated carbocycles. The lowest BCUT2D eigenvalue weighted by atomic mass is 10.2. The van der Waals surface area contributed by atoms with Gasteiger partial charge in [-0.25, -0.2) is 26.2 Å². The Bertz CT molecular complexity index is 1770. The second-order valence-corrected chi connectivity index (χ2v) is 15.7. The van der Waals surface area contributed by atoms with Crippen molar-refractivity contribution >= 4 is 29.8 Å².